The van der Waals surface area contributed by atoms with Crippen LogP contribution in [0, 0.1) is 0 Å². The molecule has 1 N–H and O–H groups in total. The SMILES string of the molecule is COc1ccc(-c2cc(C3CCN(Cc4ccc(Cl)cc4)CC3)[nH]n2)cc1. The van der Waals surface area contributed by atoms with Crippen LogP contribution in [0.3, 0.4) is 0 Å². The number of H-pyrrole nitrogens is 1. The number of likely N-dealkylation sites (tertiary alicyclic amines) is 1. The van der Waals surface area contributed by atoms with Crippen LogP contribution in [0.1, 0.15) is 30.0 Å². The second kappa shape index (κ2) is 8.15. The zero-order chi connectivity index (χ0) is 18.6. The number of benzene rings is 2. The summed E-state index contributed by atoms with van der Waals surface area (Å²) >= 11 is 5.97. The van der Waals surface area contributed by atoms with Gasteiger partial charge in [0.1, 0.15) is 5.75 Å². The minimum atomic E-state index is 0.547. The highest BCUT2D eigenvalue weighted by Gasteiger charge is 2.22. The van der Waals surface area contributed by atoms with Crippen LogP contribution in [0.25, 0.3) is 11.3 Å². The summed E-state index contributed by atoms with van der Waals surface area (Å²) in [7, 11) is 1.68. The number of ether oxygens (including phenoxy) is 1. The van der Waals surface area contributed by atoms with Gasteiger partial charge in [0.15, 0.2) is 0 Å². The number of halogens is 1. The van der Waals surface area contributed by atoms with Crippen molar-refractivity contribution in [2.45, 2.75) is 25.3 Å². The van der Waals surface area contributed by atoms with Gasteiger partial charge in [-0.3, -0.25) is 10.00 Å². The van der Waals surface area contributed by atoms with Gasteiger partial charge >= 0.3 is 0 Å². The largest absolute Gasteiger partial charge is 0.497 e. The van der Waals surface area contributed by atoms with Gasteiger partial charge in [-0.1, -0.05) is 23.7 Å². The van der Waals surface area contributed by atoms with E-state index in [1.54, 1.807) is 7.11 Å². The molecule has 0 unspecified atom stereocenters. The molecule has 4 nitrogen and oxygen atoms in total. The Hall–Kier alpha value is -2.30. The lowest BCUT2D eigenvalue weighted by Gasteiger charge is -2.31. The van der Waals surface area contributed by atoms with Gasteiger partial charge in [-0.2, -0.15) is 5.10 Å². The Morgan fingerprint density at radius 3 is 2.44 bits per heavy atom. The van der Waals surface area contributed by atoms with Gasteiger partial charge in [0, 0.05) is 28.7 Å². The lowest BCUT2D eigenvalue weighted by Crippen LogP contribution is -2.32. The van der Waals surface area contributed by atoms with Gasteiger partial charge in [0.25, 0.3) is 0 Å². The maximum atomic E-state index is 5.97. The van der Waals surface area contributed by atoms with Crippen molar-refractivity contribution in [3.05, 3.63) is 70.9 Å². The predicted molar refractivity (Wildman–Crippen MR) is 109 cm³/mol. The van der Waals surface area contributed by atoms with Crippen LogP contribution in [0.2, 0.25) is 5.02 Å². The van der Waals surface area contributed by atoms with Crippen molar-refractivity contribution in [3.63, 3.8) is 0 Å². The molecule has 3 aromatic rings. The summed E-state index contributed by atoms with van der Waals surface area (Å²) < 4.78 is 5.22. The second-order valence-electron chi connectivity index (χ2n) is 7.11. The van der Waals surface area contributed by atoms with E-state index in [9.17, 15) is 0 Å². The van der Waals surface area contributed by atoms with E-state index in [1.165, 1.54) is 11.3 Å². The molecule has 1 fully saturated rings. The number of hydrogen-bond donors (Lipinski definition) is 1. The van der Waals surface area contributed by atoms with Crippen molar-refractivity contribution in [2.24, 2.45) is 0 Å². The number of aromatic amines is 1. The quantitative estimate of drug-likeness (QED) is 0.667. The summed E-state index contributed by atoms with van der Waals surface area (Å²) in [6.45, 7) is 3.19. The molecule has 0 spiro atoms. The predicted octanol–water partition coefficient (Wildman–Crippen LogP) is 5.12. The molecule has 1 saturated heterocycles. The van der Waals surface area contributed by atoms with Gasteiger partial charge in [0.05, 0.1) is 12.8 Å². The molecule has 0 aliphatic carbocycles. The molecule has 0 saturated carbocycles. The number of rotatable bonds is 5. The maximum absolute atomic E-state index is 5.97. The number of nitrogens with zero attached hydrogens (tertiary/aromatic N) is 2. The van der Waals surface area contributed by atoms with E-state index < -0.39 is 0 Å². The average Bonchev–Trinajstić information content (AvgIpc) is 3.21. The molecule has 1 aliphatic heterocycles. The molecular weight excluding hydrogens is 358 g/mol. The first-order chi connectivity index (χ1) is 13.2. The van der Waals surface area contributed by atoms with E-state index in [0.29, 0.717) is 5.92 Å². The summed E-state index contributed by atoms with van der Waals surface area (Å²) in [5.74, 6) is 1.41. The Labute approximate surface area is 165 Å². The normalized spacial score (nSPS) is 15.8. The fraction of sp³-hybridized carbons (Fsp3) is 0.318. The molecule has 0 bridgehead atoms. The third-order valence-electron chi connectivity index (χ3n) is 5.33. The molecule has 140 valence electrons. The maximum Gasteiger partial charge on any atom is 0.118 e. The standard InChI is InChI=1S/C22H24ClN3O/c1-27-20-8-4-17(5-9-20)21-14-22(25-24-21)18-10-12-26(13-11-18)15-16-2-6-19(23)7-3-16/h2-9,14,18H,10-13,15H2,1H3,(H,24,25). The third-order valence-corrected chi connectivity index (χ3v) is 5.58. The highest BCUT2D eigenvalue weighted by Crippen LogP contribution is 2.30. The zero-order valence-electron chi connectivity index (χ0n) is 15.5. The van der Waals surface area contributed by atoms with Crippen molar-refractivity contribution < 1.29 is 4.74 Å². The van der Waals surface area contributed by atoms with Crippen molar-refractivity contribution >= 4 is 11.6 Å². The van der Waals surface area contributed by atoms with E-state index in [4.69, 9.17) is 16.3 Å². The van der Waals surface area contributed by atoms with Gasteiger partial charge < -0.3 is 4.74 Å². The fourth-order valence-electron chi connectivity index (χ4n) is 3.71. The Balaban J connectivity index is 1.35. The number of aromatic nitrogens is 2. The lowest BCUT2D eigenvalue weighted by atomic mass is 9.93. The lowest BCUT2D eigenvalue weighted by molar-refractivity contribution is 0.203. The fourth-order valence-corrected chi connectivity index (χ4v) is 3.83. The first-order valence-corrected chi connectivity index (χ1v) is 9.75. The smallest absolute Gasteiger partial charge is 0.118 e. The Morgan fingerprint density at radius 1 is 1.07 bits per heavy atom. The molecule has 1 aliphatic rings. The van der Waals surface area contributed by atoms with Gasteiger partial charge in [-0.15, -0.1) is 0 Å². The molecule has 0 amide bonds. The van der Waals surface area contributed by atoms with Crippen LogP contribution in [0.5, 0.6) is 5.75 Å². The van der Waals surface area contributed by atoms with Crippen molar-refractivity contribution in [3.8, 4) is 17.0 Å². The topological polar surface area (TPSA) is 41.1 Å². The summed E-state index contributed by atoms with van der Waals surface area (Å²) in [4.78, 5) is 2.51. The first-order valence-electron chi connectivity index (χ1n) is 9.38. The minimum Gasteiger partial charge on any atom is -0.497 e. The summed E-state index contributed by atoms with van der Waals surface area (Å²) in [5.41, 5.74) is 4.67. The van der Waals surface area contributed by atoms with Crippen LogP contribution >= 0.6 is 11.6 Å². The third kappa shape index (κ3) is 4.34. The molecule has 27 heavy (non-hydrogen) atoms. The van der Waals surface area contributed by atoms with E-state index >= 15 is 0 Å². The molecule has 4 rings (SSSR count). The highest BCUT2D eigenvalue weighted by molar-refractivity contribution is 6.30. The second-order valence-corrected chi connectivity index (χ2v) is 7.55. The van der Waals surface area contributed by atoms with Crippen LogP contribution in [-0.4, -0.2) is 35.3 Å². The first kappa shape index (κ1) is 18.1. The molecule has 0 atom stereocenters. The van der Waals surface area contributed by atoms with Crippen molar-refractivity contribution in [2.75, 3.05) is 20.2 Å². The Morgan fingerprint density at radius 2 is 1.78 bits per heavy atom. The van der Waals surface area contributed by atoms with Crippen LogP contribution in [0.4, 0.5) is 0 Å². The molecule has 2 aromatic carbocycles. The highest BCUT2D eigenvalue weighted by atomic mass is 35.5. The molecule has 0 radical (unpaired) electrons. The number of piperidine rings is 1. The van der Waals surface area contributed by atoms with Crippen molar-refractivity contribution in [1.29, 1.82) is 0 Å². The van der Waals surface area contributed by atoms with Gasteiger partial charge in [-0.25, -0.2) is 0 Å². The van der Waals surface area contributed by atoms with E-state index in [2.05, 4.69) is 33.3 Å². The number of hydrogen-bond acceptors (Lipinski definition) is 3. The number of nitrogens with one attached hydrogen (secondary N) is 1. The molecule has 2 heterocycles. The Bertz CT molecular complexity index is 865. The number of methoxy groups -OCH3 is 1. The monoisotopic (exact) mass is 381 g/mol. The van der Waals surface area contributed by atoms with E-state index in [-0.39, 0.29) is 0 Å². The molecule has 1 aromatic heterocycles. The zero-order valence-corrected chi connectivity index (χ0v) is 16.2. The Kier molecular flexibility index (Phi) is 5.46. The van der Waals surface area contributed by atoms with E-state index in [1.807, 2.05) is 36.4 Å². The summed E-state index contributed by atoms with van der Waals surface area (Å²) in [5, 5.41) is 8.57. The minimum absolute atomic E-state index is 0.547. The van der Waals surface area contributed by atoms with Crippen LogP contribution in [0.15, 0.2) is 54.6 Å². The molecular formula is C22H24ClN3O. The van der Waals surface area contributed by atoms with Gasteiger partial charge in [0.2, 0.25) is 0 Å². The van der Waals surface area contributed by atoms with Crippen LogP contribution < -0.4 is 4.74 Å². The molecule has 5 heteroatoms. The van der Waals surface area contributed by atoms with E-state index in [0.717, 1.165) is 54.5 Å². The van der Waals surface area contributed by atoms with Gasteiger partial charge in [-0.05, 0) is 74.0 Å². The summed E-state index contributed by atoms with van der Waals surface area (Å²) in [6, 6.07) is 18.4. The van der Waals surface area contributed by atoms with Crippen molar-refractivity contribution in [1.82, 2.24) is 15.1 Å². The average molecular weight is 382 g/mol. The summed E-state index contributed by atoms with van der Waals surface area (Å²) in [6.07, 6.45) is 2.30. The van der Waals surface area contributed by atoms with Crippen LogP contribution in [-0.2, 0) is 6.54 Å².